The van der Waals surface area contributed by atoms with Crippen LogP contribution in [0.15, 0.2) is 54.6 Å². The van der Waals surface area contributed by atoms with Gasteiger partial charge >= 0.3 is 0 Å². The van der Waals surface area contributed by atoms with Crippen molar-refractivity contribution >= 4 is 29.9 Å². The second kappa shape index (κ2) is 9.90. The lowest BCUT2D eigenvalue weighted by molar-refractivity contribution is -0.115. The molecule has 0 saturated heterocycles. The van der Waals surface area contributed by atoms with Gasteiger partial charge in [-0.3, -0.25) is 4.79 Å². The van der Waals surface area contributed by atoms with Crippen LogP contribution in [0, 0.1) is 0 Å². The van der Waals surface area contributed by atoms with Crippen molar-refractivity contribution < 1.29 is 4.79 Å². The first kappa shape index (κ1) is 18.1. The molecule has 118 valence electrons. The van der Waals surface area contributed by atoms with E-state index in [0.29, 0.717) is 6.42 Å². The summed E-state index contributed by atoms with van der Waals surface area (Å²) in [5.74, 6) is 0.878. The van der Waals surface area contributed by atoms with E-state index in [1.807, 2.05) is 68.4 Å². The molecule has 0 radical (unpaired) electrons. The first-order chi connectivity index (χ1) is 10.6. The lowest BCUT2D eigenvalue weighted by atomic mass is 10.2. The summed E-state index contributed by atoms with van der Waals surface area (Å²) in [5, 5.41) is 2.80. The van der Waals surface area contributed by atoms with Gasteiger partial charge in [0.05, 0.1) is 0 Å². The molecule has 0 aliphatic rings. The fourth-order valence-electron chi connectivity index (χ4n) is 1.68. The van der Waals surface area contributed by atoms with Gasteiger partial charge in [0, 0.05) is 37.6 Å². The summed E-state index contributed by atoms with van der Waals surface area (Å²) in [6, 6.07) is 17.9. The molecule has 1 N–H and O–H groups in total. The molecule has 0 bridgehead atoms. The van der Waals surface area contributed by atoms with Gasteiger partial charge < -0.3 is 10.2 Å². The lowest BCUT2D eigenvalue weighted by Crippen LogP contribution is -2.10. The molecule has 0 aliphatic carbocycles. The van der Waals surface area contributed by atoms with Gasteiger partial charge in [-0.25, -0.2) is 0 Å². The smallest absolute Gasteiger partial charge is 0.224 e. The number of hydrogen-bond acceptors (Lipinski definition) is 3. The molecule has 2 rings (SSSR count). The molecule has 22 heavy (non-hydrogen) atoms. The van der Waals surface area contributed by atoms with Gasteiger partial charge in [-0.15, -0.1) is 0 Å². The van der Waals surface area contributed by atoms with Crippen molar-refractivity contribution in [2.45, 2.75) is 19.1 Å². The number of nitrogens with zero attached hydrogens (tertiary/aromatic N) is 1. The fraction of sp³-hybridized carbons (Fsp3) is 0.278. The third-order valence-electron chi connectivity index (χ3n) is 3.01. The quantitative estimate of drug-likeness (QED) is 0.828. The summed E-state index contributed by atoms with van der Waals surface area (Å²) in [4.78, 5) is 13.1. The lowest BCUT2D eigenvalue weighted by Gasteiger charge is -2.12. The van der Waals surface area contributed by atoms with Crippen molar-refractivity contribution in [1.82, 2.24) is 0 Å². The standard InChI is InChI=1S/C11H16N2O.C7H8S/c1-4-11(14)12-9-5-7-10(8-6-9)13(2)3;8-6-7-4-2-1-3-5-7/h5-8H,4H2,1-3H3,(H,12,14);1-5,8H,6H2. The van der Waals surface area contributed by atoms with Gasteiger partial charge in [-0.1, -0.05) is 37.3 Å². The van der Waals surface area contributed by atoms with E-state index in [9.17, 15) is 4.79 Å². The van der Waals surface area contributed by atoms with Crippen LogP contribution in [0.1, 0.15) is 18.9 Å². The Morgan fingerprint density at radius 1 is 1.05 bits per heavy atom. The first-order valence-electron chi connectivity index (χ1n) is 7.28. The van der Waals surface area contributed by atoms with Gasteiger partial charge in [0.25, 0.3) is 0 Å². The molecule has 0 aliphatic heterocycles. The van der Waals surface area contributed by atoms with Gasteiger partial charge in [0.1, 0.15) is 0 Å². The Bertz CT molecular complexity index is 553. The monoisotopic (exact) mass is 316 g/mol. The molecule has 0 atom stereocenters. The molecule has 3 nitrogen and oxygen atoms in total. The molecule has 0 heterocycles. The summed E-state index contributed by atoms with van der Waals surface area (Å²) < 4.78 is 0. The highest BCUT2D eigenvalue weighted by atomic mass is 32.1. The van der Waals surface area contributed by atoms with Crippen molar-refractivity contribution in [2.24, 2.45) is 0 Å². The zero-order valence-electron chi connectivity index (χ0n) is 13.4. The number of amides is 1. The molecule has 0 aromatic heterocycles. The van der Waals surface area contributed by atoms with Crippen molar-refractivity contribution in [3.63, 3.8) is 0 Å². The highest BCUT2D eigenvalue weighted by Gasteiger charge is 1.99. The van der Waals surface area contributed by atoms with E-state index in [-0.39, 0.29) is 5.91 Å². The van der Waals surface area contributed by atoms with E-state index >= 15 is 0 Å². The van der Waals surface area contributed by atoms with Crippen LogP contribution in [-0.2, 0) is 10.5 Å². The van der Waals surface area contributed by atoms with Gasteiger partial charge in [-0.05, 0) is 29.8 Å². The number of anilines is 2. The maximum Gasteiger partial charge on any atom is 0.224 e. The van der Waals surface area contributed by atoms with Crippen LogP contribution >= 0.6 is 12.6 Å². The van der Waals surface area contributed by atoms with Crippen LogP contribution in [-0.4, -0.2) is 20.0 Å². The van der Waals surface area contributed by atoms with Crippen molar-refractivity contribution in [3.05, 3.63) is 60.2 Å². The number of thiol groups is 1. The Kier molecular flexibility index (Phi) is 8.15. The second-order valence-corrected chi connectivity index (χ2v) is 5.30. The minimum absolute atomic E-state index is 0.0441. The first-order valence-corrected chi connectivity index (χ1v) is 7.92. The summed E-state index contributed by atoms with van der Waals surface area (Å²) >= 11 is 4.11. The minimum Gasteiger partial charge on any atom is -0.378 e. The highest BCUT2D eigenvalue weighted by Crippen LogP contribution is 2.15. The maximum atomic E-state index is 11.1. The van der Waals surface area contributed by atoms with Crippen LogP contribution < -0.4 is 10.2 Å². The number of carbonyl (C=O) groups excluding carboxylic acids is 1. The van der Waals surface area contributed by atoms with Crippen LogP contribution in [0.25, 0.3) is 0 Å². The molecule has 0 spiro atoms. The molecular formula is C18H24N2OS. The van der Waals surface area contributed by atoms with Gasteiger partial charge in [0.2, 0.25) is 5.91 Å². The normalized spacial score (nSPS) is 9.45. The third kappa shape index (κ3) is 6.68. The molecule has 1 amide bonds. The highest BCUT2D eigenvalue weighted by molar-refractivity contribution is 7.79. The van der Waals surface area contributed by atoms with Gasteiger partial charge in [0.15, 0.2) is 0 Å². The number of hydrogen-bond donors (Lipinski definition) is 2. The second-order valence-electron chi connectivity index (χ2n) is 4.99. The SMILES string of the molecule is CCC(=O)Nc1ccc(N(C)C)cc1.SCc1ccccc1. The van der Waals surface area contributed by atoms with Crippen LogP contribution in [0.5, 0.6) is 0 Å². The van der Waals surface area contributed by atoms with Crippen LogP contribution in [0.3, 0.4) is 0 Å². The summed E-state index contributed by atoms with van der Waals surface area (Å²) in [5.41, 5.74) is 3.25. The predicted octanol–water partition coefficient (Wildman–Crippen LogP) is 4.22. The summed E-state index contributed by atoms with van der Waals surface area (Å²) in [7, 11) is 3.97. The fourth-order valence-corrected chi connectivity index (χ4v) is 1.89. The topological polar surface area (TPSA) is 32.3 Å². The minimum atomic E-state index is 0.0441. The van der Waals surface area contributed by atoms with E-state index in [0.717, 1.165) is 17.1 Å². The van der Waals surface area contributed by atoms with E-state index in [1.165, 1.54) is 5.56 Å². The Morgan fingerprint density at radius 2 is 1.64 bits per heavy atom. The number of nitrogens with one attached hydrogen (secondary N) is 1. The Morgan fingerprint density at radius 3 is 2.05 bits per heavy atom. The molecule has 4 heteroatoms. The van der Waals surface area contributed by atoms with E-state index in [2.05, 4.69) is 30.1 Å². The van der Waals surface area contributed by atoms with Crippen molar-refractivity contribution in [3.8, 4) is 0 Å². The maximum absolute atomic E-state index is 11.1. The molecule has 2 aromatic carbocycles. The number of rotatable bonds is 4. The molecule has 2 aromatic rings. The Labute approximate surface area is 138 Å². The zero-order chi connectivity index (χ0) is 16.4. The van der Waals surface area contributed by atoms with E-state index < -0.39 is 0 Å². The average molecular weight is 316 g/mol. The molecule has 0 saturated carbocycles. The summed E-state index contributed by atoms with van der Waals surface area (Å²) in [6.07, 6.45) is 0.509. The molecular weight excluding hydrogens is 292 g/mol. The van der Waals surface area contributed by atoms with E-state index in [1.54, 1.807) is 0 Å². The number of benzene rings is 2. The zero-order valence-corrected chi connectivity index (χ0v) is 14.3. The van der Waals surface area contributed by atoms with Gasteiger partial charge in [-0.2, -0.15) is 12.6 Å². The van der Waals surface area contributed by atoms with Crippen molar-refractivity contribution in [2.75, 3.05) is 24.3 Å². The Hall–Kier alpha value is -1.94. The summed E-state index contributed by atoms with van der Waals surface area (Å²) in [6.45, 7) is 1.84. The Balaban J connectivity index is 0.000000255. The average Bonchev–Trinajstić information content (AvgIpc) is 2.56. The van der Waals surface area contributed by atoms with Crippen LogP contribution in [0.4, 0.5) is 11.4 Å². The molecule has 0 unspecified atom stereocenters. The largest absolute Gasteiger partial charge is 0.378 e. The predicted molar refractivity (Wildman–Crippen MR) is 98.8 cm³/mol. The third-order valence-corrected chi connectivity index (χ3v) is 3.38. The molecule has 0 fully saturated rings. The van der Waals surface area contributed by atoms with Crippen molar-refractivity contribution in [1.29, 1.82) is 0 Å². The number of carbonyl (C=O) groups is 1. The van der Waals surface area contributed by atoms with Crippen LogP contribution in [0.2, 0.25) is 0 Å². The van der Waals surface area contributed by atoms with E-state index in [4.69, 9.17) is 0 Å².